The van der Waals surface area contributed by atoms with Gasteiger partial charge < -0.3 is 101 Å². The van der Waals surface area contributed by atoms with E-state index in [1.54, 1.807) is 30.3 Å². The highest BCUT2D eigenvalue weighted by Gasteiger charge is 2.42. The second-order valence-corrected chi connectivity index (χ2v) is 24.5. The Labute approximate surface area is 575 Å². The Morgan fingerprint density at radius 3 is 1.87 bits per heavy atom. The van der Waals surface area contributed by atoms with E-state index in [1.165, 1.54) is 72.8 Å². The van der Waals surface area contributed by atoms with Crippen LogP contribution in [0.5, 0.6) is 69.0 Å². The minimum atomic E-state index is -2.17. The minimum absolute atomic E-state index is 0.00433. The van der Waals surface area contributed by atoms with Crippen LogP contribution in [0.15, 0.2) is 146 Å². The molecule has 0 spiro atoms. The van der Waals surface area contributed by atoms with Crippen molar-refractivity contribution in [1.29, 1.82) is 0 Å². The van der Waals surface area contributed by atoms with Crippen molar-refractivity contribution in [1.82, 2.24) is 37.2 Å². The van der Waals surface area contributed by atoms with Gasteiger partial charge in [0.05, 0.1) is 23.8 Å². The number of carbonyl (C=O) groups excluding carboxylic acids is 8. The SMILES string of the molecule is COC(=O)[C@H]1NC(=O)[C@H]2NC(=O)[C@H](NC(=O)[C@@H]3NC(=O)[C@H]4NC(=O)[C@@H](Cc5ccc(c(Cl)c5)Oc5cc3cc(c5OC[C@H]3CO3)Oc3ccc(cc3Cl)[C@H]2O)NC(=O)[C@@H](NC(=O)OCc2ccccc2)c2ccc(O)c(c2)Oc2cc(O)cc4c2)c2ccc(O)c(c2)-c2c(O)cc(O)cc21. The minimum Gasteiger partial charge on any atom is -0.508 e. The maximum absolute atomic E-state index is 16.1. The van der Waals surface area contributed by atoms with Gasteiger partial charge in [0, 0.05) is 35.2 Å². The average Bonchev–Trinajstić information content (AvgIpc) is 1.11. The Morgan fingerprint density at radius 2 is 1.18 bits per heavy atom. The quantitative estimate of drug-likeness (QED) is 0.0558. The van der Waals surface area contributed by atoms with Crippen LogP contribution in [0.1, 0.15) is 80.8 Å². The predicted octanol–water partition coefficient (Wildman–Crippen LogP) is 7.11. The van der Waals surface area contributed by atoms with E-state index in [0.717, 1.165) is 49.6 Å². The van der Waals surface area contributed by atoms with Gasteiger partial charge >= 0.3 is 12.1 Å². The van der Waals surface area contributed by atoms with Crippen LogP contribution in [0.25, 0.3) is 11.1 Å². The van der Waals surface area contributed by atoms with Crippen LogP contribution in [-0.2, 0) is 60.8 Å². The van der Waals surface area contributed by atoms with Gasteiger partial charge in [-0.3, -0.25) is 28.8 Å². The lowest BCUT2D eigenvalue weighted by molar-refractivity contribution is -0.146. The van der Waals surface area contributed by atoms with Gasteiger partial charge in [-0.05, 0) is 118 Å². The summed E-state index contributed by atoms with van der Waals surface area (Å²) in [4.78, 5) is 120. The molecule has 13 N–H and O–H groups in total. The molecular formula is C70H57Cl2N7O21. The number of phenols is 5. The lowest BCUT2D eigenvalue weighted by atomic mass is 9.89. The number of epoxide rings is 1. The van der Waals surface area contributed by atoms with Gasteiger partial charge in [0.25, 0.3) is 0 Å². The van der Waals surface area contributed by atoms with Crippen molar-refractivity contribution in [2.45, 2.75) is 67.5 Å². The Morgan fingerprint density at radius 1 is 0.560 bits per heavy atom. The summed E-state index contributed by atoms with van der Waals surface area (Å²) >= 11 is 14.1. The van der Waals surface area contributed by atoms with Crippen LogP contribution in [0.4, 0.5) is 4.79 Å². The molecule has 0 aromatic heterocycles. The number of fused-ring (bicyclic) bond motifs is 14. The van der Waals surface area contributed by atoms with Crippen molar-refractivity contribution in [2.24, 2.45) is 0 Å². The number of halogens is 2. The molecule has 17 bridgehead atoms. The standard InChI is InChI=1S/C70H57Cl2N7O21/c1-94-69(92)59-42-25-38(81)26-48(84)54(42)41-19-32(8-11-46(41)82)55-65(88)78-60(68(91)77-59)61(85)34-10-14-50(44(72)20-34)100-53-23-36-22-52(62(53)96-29-40-28-95-40)99-49-13-7-31(15-43(49)71)16-45-63(86)74-57(66(89)76-58(36)67(90)75-55)35-17-37(80)24-39(18-35)98-51-21-33(9-12-47(51)83)56(64(87)73-45)79-70(93)97-27-30-5-3-2-4-6-30/h2-15,17-26,40,45,55-61,80-85H,16,27-29H2,1H3,(H,73,87)(H,74,86)(H,75,90)(H,76,89)(H,77,91)(H,78,88)(H,79,93)/t40-,45-,55-,56+,57+,58-,59+,60+,61-/m1/s1. The Bertz CT molecular complexity index is 4690. The van der Waals surface area contributed by atoms with Gasteiger partial charge in [-0.1, -0.05) is 77.8 Å². The third-order valence-corrected chi connectivity index (χ3v) is 17.5. The molecule has 0 saturated carbocycles. The number of ether oxygens (including phenoxy) is 7. The lowest BCUT2D eigenvalue weighted by Gasteiger charge is -2.31. The first-order chi connectivity index (χ1) is 48.0. The highest BCUT2D eigenvalue weighted by Crippen LogP contribution is 2.49. The molecule has 7 heterocycles. The second kappa shape index (κ2) is 27.5. The number of amides is 7. The number of hydrogen-bond donors (Lipinski definition) is 13. The molecule has 8 aromatic rings. The molecule has 0 unspecified atom stereocenters. The number of carbonyl (C=O) groups is 8. The average molecular weight is 1400 g/mol. The van der Waals surface area contributed by atoms with Crippen LogP contribution in [-0.4, -0.2) is 117 Å². The third-order valence-electron chi connectivity index (χ3n) is 16.9. The maximum Gasteiger partial charge on any atom is 0.408 e. The number of hydrogen-bond acceptors (Lipinski definition) is 21. The van der Waals surface area contributed by atoms with Gasteiger partial charge in [0.1, 0.15) is 102 Å². The summed E-state index contributed by atoms with van der Waals surface area (Å²) < 4.78 is 41.8. The lowest BCUT2D eigenvalue weighted by Crippen LogP contribution is -2.55. The van der Waals surface area contributed by atoms with Gasteiger partial charge in [0.15, 0.2) is 29.0 Å². The molecule has 0 radical (unpaired) electrons. The summed E-state index contributed by atoms with van der Waals surface area (Å²) in [7, 11) is 0.971. The smallest absolute Gasteiger partial charge is 0.408 e. The molecule has 1 saturated heterocycles. The van der Waals surface area contributed by atoms with Crippen LogP contribution in [0, 0.1) is 0 Å². The molecule has 15 rings (SSSR count). The fraction of sp³-hybridized carbons (Fsp3) is 0.200. The summed E-state index contributed by atoms with van der Waals surface area (Å²) in [5.41, 5.74) is -1.16. The van der Waals surface area contributed by atoms with E-state index in [2.05, 4.69) is 37.2 Å². The number of aromatic hydroxyl groups is 5. The molecule has 7 amide bonds. The van der Waals surface area contributed by atoms with Crippen molar-refractivity contribution in [3.63, 3.8) is 0 Å². The molecule has 7 aliphatic heterocycles. The number of alkyl carbamates (subject to hydrolysis) is 1. The number of rotatable bonds is 7. The molecule has 28 nitrogen and oxygen atoms in total. The molecule has 1 fully saturated rings. The molecule has 7 aliphatic rings. The number of nitrogens with one attached hydrogen (secondary N) is 7. The van der Waals surface area contributed by atoms with Crippen LogP contribution >= 0.6 is 23.2 Å². The number of benzene rings is 8. The Kier molecular flexibility index (Phi) is 18.3. The van der Waals surface area contributed by atoms with Gasteiger partial charge in [0.2, 0.25) is 41.2 Å². The molecule has 9 atom stereocenters. The zero-order valence-electron chi connectivity index (χ0n) is 51.9. The first-order valence-electron chi connectivity index (χ1n) is 30.7. The maximum atomic E-state index is 16.1. The van der Waals surface area contributed by atoms with Crippen molar-refractivity contribution >= 4 is 70.7 Å². The summed E-state index contributed by atoms with van der Waals surface area (Å²) in [5, 5.41) is 87.1. The summed E-state index contributed by atoms with van der Waals surface area (Å²) in [6.07, 6.45) is -4.04. The number of aliphatic hydroxyl groups excluding tert-OH is 1. The first kappa shape index (κ1) is 66.6. The number of methoxy groups -OCH3 is 1. The Hall–Kier alpha value is -12.0. The number of esters is 1. The van der Waals surface area contributed by atoms with E-state index >= 15 is 24.0 Å². The zero-order chi connectivity index (χ0) is 70.4. The highest BCUT2D eigenvalue weighted by atomic mass is 35.5. The molecule has 0 aliphatic carbocycles. The van der Waals surface area contributed by atoms with E-state index in [9.17, 15) is 45.0 Å². The summed E-state index contributed by atoms with van der Waals surface area (Å²) in [6.45, 7) is -0.0722. The fourth-order valence-electron chi connectivity index (χ4n) is 11.8. The highest BCUT2D eigenvalue weighted by molar-refractivity contribution is 6.32. The number of phenolic OH excluding ortho intramolecular Hbond substituents is 5. The van der Waals surface area contributed by atoms with Crippen molar-refractivity contribution < 1.29 is 102 Å². The second-order valence-electron chi connectivity index (χ2n) is 23.7. The molecule has 30 heteroatoms. The third kappa shape index (κ3) is 14.0. The van der Waals surface area contributed by atoms with Crippen molar-refractivity contribution in [3.8, 4) is 80.1 Å². The van der Waals surface area contributed by atoms with E-state index < -0.39 is 143 Å². The molecular weight excluding hydrogens is 1350 g/mol. The monoisotopic (exact) mass is 1400 g/mol. The van der Waals surface area contributed by atoms with Gasteiger partial charge in [-0.2, -0.15) is 0 Å². The summed E-state index contributed by atoms with van der Waals surface area (Å²) in [5.74, 6) is -13.2. The van der Waals surface area contributed by atoms with E-state index in [-0.39, 0.29) is 115 Å². The van der Waals surface area contributed by atoms with Crippen molar-refractivity contribution in [3.05, 3.63) is 200 Å². The zero-order valence-corrected chi connectivity index (χ0v) is 53.5. The molecule has 100 heavy (non-hydrogen) atoms. The first-order valence-corrected chi connectivity index (χ1v) is 31.4. The van der Waals surface area contributed by atoms with Crippen LogP contribution < -0.4 is 56.2 Å². The van der Waals surface area contributed by atoms with Gasteiger partial charge in [-0.15, -0.1) is 0 Å². The molecule has 512 valence electrons. The van der Waals surface area contributed by atoms with Crippen molar-refractivity contribution in [2.75, 3.05) is 20.3 Å². The van der Waals surface area contributed by atoms with Gasteiger partial charge in [-0.25, -0.2) is 9.59 Å². The van der Waals surface area contributed by atoms with E-state index in [1.807, 2.05) is 0 Å². The largest absolute Gasteiger partial charge is 0.508 e. The van der Waals surface area contributed by atoms with Crippen LogP contribution in [0.3, 0.4) is 0 Å². The molecule has 8 aromatic carbocycles. The number of aliphatic hydroxyl groups is 1. The normalized spacial score (nSPS) is 21.6. The summed E-state index contributed by atoms with van der Waals surface area (Å²) in [6, 6.07) is 17.5. The predicted molar refractivity (Wildman–Crippen MR) is 348 cm³/mol. The van der Waals surface area contributed by atoms with Crippen LogP contribution in [0.2, 0.25) is 10.0 Å². The topological polar surface area (TPSA) is 410 Å². The Balaban J connectivity index is 1.00. The van der Waals surface area contributed by atoms with E-state index in [0.29, 0.717) is 5.56 Å². The van der Waals surface area contributed by atoms with E-state index in [4.69, 9.17) is 56.4 Å². The fourth-order valence-corrected chi connectivity index (χ4v) is 12.3.